The average Bonchev–Trinajstić information content (AvgIpc) is 3.13. The van der Waals surface area contributed by atoms with Crippen molar-refractivity contribution in [2.24, 2.45) is 11.8 Å². The van der Waals surface area contributed by atoms with Crippen LogP contribution in [0.4, 0.5) is 0 Å². The normalized spacial score (nSPS) is 33.8. The summed E-state index contributed by atoms with van der Waals surface area (Å²) in [5, 5.41) is 0. The molecule has 1 aromatic rings. The molecule has 4 rings (SSSR count). The van der Waals surface area contributed by atoms with Crippen molar-refractivity contribution in [3.63, 3.8) is 0 Å². The maximum absolute atomic E-state index is 13.0. The Labute approximate surface area is 124 Å². The number of fused-ring (bicyclic) bond motifs is 5. The molecule has 0 spiro atoms. The van der Waals surface area contributed by atoms with Crippen LogP contribution in [0.3, 0.4) is 0 Å². The zero-order valence-corrected chi connectivity index (χ0v) is 12.7. The number of ketones is 1. The summed E-state index contributed by atoms with van der Waals surface area (Å²) >= 11 is 0. The number of Topliss-reactive ketones (excluding diaryl/α,β-unsaturated/α-hetero) is 1. The van der Waals surface area contributed by atoms with Gasteiger partial charge in [-0.2, -0.15) is 0 Å². The highest BCUT2D eigenvalue weighted by Gasteiger charge is 2.59. The van der Waals surface area contributed by atoms with Gasteiger partial charge in [0, 0.05) is 0 Å². The Hall–Kier alpha value is -1.61. The monoisotopic (exact) mass is 284 g/mol. The number of carbonyl (C=O) groups is 1. The van der Waals surface area contributed by atoms with Crippen molar-refractivity contribution in [3.05, 3.63) is 40.6 Å². The summed E-state index contributed by atoms with van der Waals surface area (Å²) in [6.07, 6.45) is 2.32. The minimum Gasteiger partial charge on any atom is -0.500 e. The summed E-state index contributed by atoms with van der Waals surface area (Å²) in [6.45, 7) is 4.12. The number of benzene rings is 1. The minimum atomic E-state index is -0.0198. The number of rotatable bonds is 2. The van der Waals surface area contributed by atoms with E-state index >= 15 is 0 Å². The molecule has 0 aromatic heterocycles. The summed E-state index contributed by atoms with van der Waals surface area (Å²) in [6, 6.07) is 6.27. The van der Waals surface area contributed by atoms with E-state index in [4.69, 9.17) is 9.47 Å². The van der Waals surface area contributed by atoms with Gasteiger partial charge >= 0.3 is 0 Å². The molecule has 2 saturated heterocycles. The number of hydrogen-bond donors (Lipinski definition) is 0. The molecule has 3 nitrogen and oxygen atoms in total. The average molecular weight is 284 g/mol. The quantitative estimate of drug-likeness (QED) is 0.837. The lowest BCUT2D eigenvalue weighted by atomic mass is 9.80. The van der Waals surface area contributed by atoms with E-state index in [9.17, 15) is 4.79 Å². The van der Waals surface area contributed by atoms with Crippen LogP contribution in [-0.2, 0) is 14.3 Å². The second-order valence-corrected chi connectivity index (χ2v) is 6.47. The van der Waals surface area contributed by atoms with Crippen molar-refractivity contribution in [1.29, 1.82) is 0 Å². The van der Waals surface area contributed by atoms with Gasteiger partial charge in [0.2, 0.25) is 0 Å². The van der Waals surface area contributed by atoms with Crippen molar-refractivity contribution < 1.29 is 14.3 Å². The second kappa shape index (κ2) is 4.44. The van der Waals surface area contributed by atoms with Gasteiger partial charge in [-0.15, -0.1) is 0 Å². The van der Waals surface area contributed by atoms with Crippen LogP contribution in [-0.4, -0.2) is 25.1 Å². The first-order chi connectivity index (χ1) is 10.1. The molecule has 21 heavy (non-hydrogen) atoms. The van der Waals surface area contributed by atoms with Crippen LogP contribution in [0.2, 0.25) is 0 Å². The summed E-state index contributed by atoms with van der Waals surface area (Å²) < 4.78 is 11.6. The van der Waals surface area contributed by atoms with E-state index in [2.05, 4.69) is 32.0 Å². The SMILES string of the molecule is COC1=C(c2cc(C)ccc2C)C(=O)[C@H]2C3CCC(O3)[C@@H]12. The van der Waals surface area contributed by atoms with Gasteiger partial charge in [-0.1, -0.05) is 23.8 Å². The molecule has 0 amide bonds. The molecule has 2 unspecified atom stereocenters. The Morgan fingerprint density at radius 3 is 2.57 bits per heavy atom. The molecule has 3 heteroatoms. The molecular formula is C18H20O3. The first-order valence-electron chi connectivity index (χ1n) is 7.67. The Kier molecular flexibility index (Phi) is 2.77. The van der Waals surface area contributed by atoms with Crippen molar-refractivity contribution in [2.45, 2.75) is 38.9 Å². The Balaban J connectivity index is 1.88. The summed E-state index contributed by atoms with van der Waals surface area (Å²) in [4.78, 5) is 13.0. The second-order valence-electron chi connectivity index (χ2n) is 6.47. The Morgan fingerprint density at radius 2 is 1.86 bits per heavy atom. The molecule has 4 atom stereocenters. The molecule has 0 radical (unpaired) electrons. The van der Waals surface area contributed by atoms with E-state index in [-0.39, 0.29) is 29.8 Å². The van der Waals surface area contributed by atoms with Gasteiger partial charge in [0.25, 0.3) is 0 Å². The molecule has 1 aromatic carbocycles. The predicted octanol–water partition coefficient (Wildman–Crippen LogP) is 3.04. The smallest absolute Gasteiger partial charge is 0.173 e. The van der Waals surface area contributed by atoms with E-state index in [1.807, 2.05) is 0 Å². The number of allylic oxidation sites excluding steroid dienone is 1. The number of carbonyl (C=O) groups excluding carboxylic acids is 1. The van der Waals surface area contributed by atoms with Crippen LogP contribution in [0, 0.1) is 25.7 Å². The van der Waals surface area contributed by atoms with Crippen LogP contribution in [0.15, 0.2) is 24.0 Å². The Morgan fingerprint density at radius 1 is 1.14 bits per heavy atom. The lowest BCUT2D eigenvalue weighted by molar-refractivity contribution is -0.118. The van der Waals surface area contributed by atoms with Crippen molar-refractivity contribution >= 4 is 11.4 Å². The summed E-state index contributed by atoms with van der Waals surface area (Å²) in [5.74, 6) is 1.19. The zero-order chi connectivity index (χ0) is 14.7. The highest BCUT2D eigenvalue weighted by atomic mass is 16.5. The van der Waals surface area contributed by atoms with Gasteiger partial charge in [0.1, 0.15) is 5.76 Å². The van der Waals surface area contributed by atoms with E-state index in [0.29, 0.717) is 0 Å². The lowest BCUT2D eigenvalue weighted by Crippen LogP contribution is -2.29. The van der Waals surface area contributed by atoms with Gasteiger partial charge in [-0.3, -0.25) is 4.79 Å². The minimum absolute atomic E-state index is 0.0198. The highest BCUT2D eigenvalue weighted by Crippen LogP contribution is 2.54. The fraction of sp³-hybridized carbons (Fsp3) is 0.500. The van der Waals surface area contributed by atoms with E-state index in [1.165, 1.54) is 5.56 Å². The molecule has 1 aliphatic carbocycles. The third-order valence-corrected chi connectivity index (χ3v) is 5.25. The first kappa shape index (κ1) is 13.1. The van der Waals surface area contributed by atoms with Crippen LogP contribution < -0.4 is 0 Å². The van der Waals surface area contributed by atoms with Gasteiger partial charge in [0.05, 0.1) is 36.7 Å². The van der Waals surface area contributed by atoms with Crippen LogP contribution in [0.5, 0.6) is 0 Å². The van der Waals surface area contributed by atoms with Crippen molar-refractivity contribution in [1.82, 2.24) is 0 Å². The molecule has 3 aliphatic rings. The van der Waals surface area contributed by atoms with Crippen molar-refractivity contribution in [3.8, 4) is 0 Å². The third kappa shape index (κ3) is 1.67. The van der Waals surface area contributed by atoms with Gasteiger partial charge < -0.3 is 9.47 Å². The standard InChI is InChI=1S/C18H20O3/c1-9-4-5-10(2)11(8-9)14-17(19)15-12-6-7-13(21-12)16(15)18(14)20-3/h4-5,8,12-13,15-16H,6-7H2,1-3H3/t12?,13?,15-,16+/m0/s1. The van der Waals surface area contributed by atoms with Crippen LogP contribution in [0.1, 0.15) is 29.5 Å². The maximum atomic E-state index is 13.0. The number of aryl methyl sites for hydroxylation is 2. The highest BCUT2D eigenvalue weighted by molar-refractivity contribution is 6.25. The number of ether oxygens (including phenoxy) is 2. The topological polar surface area (TPSA) is 35.5 Å². The molecular weight excluding hydrogens is 264 g/mol. The fourth-order valence-electron chi connectivity index (χ4n) is 4.31. The predicted molar refractivity (Wildman–Crippen MR) is 79.7 cm³/mol. The van der Waals surface area contributed by atoms with Crippen LogP contribution in [0.25, 0.3) is 5.57 Å². The van der Waals surface area contributed by atoms with Gasteiger partial charge in [-0.05, 0) is 37.8 Å². The molecule has 2 fully saturated rings. The molecule has 0 N–H and O–H groups in total. The van der Waals surface area contributed by atoms with Crippen LogP contribution >= 0.6 is 0 Å². The zero-order valence-electron chi connectivity index (χ0n) is 12.7. The van der Waals surface area contributed by atoms with Gasteiger partial charge in [0.15, 0.2) is 5.78 Å². The molecule has 110 valence electrons. The van der Waals surface area contributed by atoms with E-state index in [0.717, 1.165) is 35.3 Å². The van der Waals surface area contributed by atoms with E-state index in [1.54, 1.807) is 7.11 Å². The molecule has 0 saturated carbocycles. The number of methoxy groups -OCH3 is 1. The molecule has 2 bridgehead atoms. The maximum Gasteiger partial charge on any atom is 0.173 e. The molecule has 2 aliphatic heterocycles. The van der Waals surface area contributed by atoms with E-state index < -0.39 is 0 Å². The van der Waals surface area contributed by atoms with Crippen molar-refractivity contribution in [2.75, 3.05) is 7.11 Å². The lowest BCUT2D eigenvalue weighted by Gasteiger charge is -2.21. The first-order valence-corrected chi connectivity index (χ1v) is 7.67. The summed E-state index contributed by atoms with van der Waals surface area (Å²) in [7, 11) is 1.68. The molecule has 2 heterocycles. The van der Waals surface area contributed by atoms with Gasteiger partial charge in [-0.25, -0.2) is 0 Å². The third-order valence-electron chi connectivity index (χ3n) is 5.25. The Bertz CT molecular complexity index is 658. The number of hydrogen-bond acceptors (Lipinski definition) is 3. The summed E-state index contributed by atoms with van der Waals surface area (Å²) in [5.41, 5.74) is 4.13. The largest absolute Gasteiger partial charge is 0.500 e. The fourth-order valence-corrected chi connectivity index (χ4v) is 4.31.